The standard InChI is InChI=1S/C9H21N/c1-7(2)5-8(3)6-9(4)10/h7-9H,5-6,10H2,1-4H3. The average Bonchev–Trinajstić information content (AvgIpc) is 1.58. The Labute approximate surface area is 65.0 Å². The highest BCUT2D eigenvalue weighted by Crippen LogP contribution is 2.15. The third-order valence-electron chi connectivity index (χ3n) is 1.65. The lowest BCUT2D eigenvalue weighted by atomic mass is 9.94. The van der Waals surface area contributed by atoms with Crippen molar-refractivity contribution < 1.29 is 0 Å². The van der Waals surface area contributed by atoms with Gasteiger partial charge in [-0.3, -0.25) is 0 Å². The highest BCUT2D eigenvalue weighted by molar-refractivity contribution is 4.61. The molecule has 2 unspecified atom stereocenters. The minimum absolute atomic E-state index is 0.369. The zero-order valence-electron chi connectivity index (χ0n) is 7.72. The van der Waals surface area contributed by atoms with Gasteiger partial charge in [0.1, 0.15) is 0 Å². The van der Waals surface area contributed by atoms with Crippen LogP contribution in [0, 0.1) is 11.8 Å². The van der Waals surface area contributed by atoms with E-state index in [9.17, 15) is 0 Å². The average molecular weight is 143 g/mol. The van der Waals surface area contributed by atoms with Gasteiger partial charge in [-0.1, -0.05) is 20.8 Å². The number of rotatable bonds is 4. The summed E-state index contributed by atoms with van der Waals surface area (Å²) < 4.78 is 0. The molecular weight excluding hydrogens is 122 g/mol. The molecule has 0 fully saturated rings. The van der Waals surface area contributed by atoms with Crippen LogP contribution >= 0.6 is 0 Å². The second-order valence-electron chi connectivity index (χ2n) is 3.95. The molecule has 0 heterocycles. The van der Waals surface area contributed by atoms with Crippen LogP contribution in [0.1, 0.15) is 40.5 Å². The quantitative estimate of drug-likeness (QED) is 0.642. The summed E-state index contributed by atoms with van der Waals surface area (Å²) in [6.07, 6.45) is 2.47. The van der Waals surface area contributed by atoms with Crippen LogP contribution in [0.25, 0.3) is 0 Å². The molecule has 0 aliphatic rings. The minimum atomic E-state index is 0.369. The maximum absolute atomic E-state index is 5.67. The monoisotopic (exact) mass is 143 g/mol. The SMILES string of the molecule is CC(C)CC(C)CC(C)N. The highest BCUT2D eigenvalue weighted by Gasteiger charge is 2.06. The van der Waals surface area contributed by atoms with E-state index in [2.05, 4.69) is 27.7 Å². The van der Waals surface area contributed by atoms with Gasteiger partial charge in [0, 0.05) is 6.04 Å². The van der Waals surface area contributed by atoms with Gasteiger partial charge in [-0.15, -0.1) is 0 Å². The zero-order chi connectivity index (χ0) is 8.15. The molecular formula is C9H21N. The maximum atomic E-state index is 5.67. The van der Waals surface area contributed by atoms with Crippen molar-refractivity contribution >= 4 is 0 Å². The van der Waals surface area contributed by atoms with Crippen molar-refractivity contribution in [1.29, 1.82) is 0 Å². The van der Waals surface area contributed by atoms with Crippen LogP contribution in [0.2, 0.25) is 0 Å². The minimum Gasteiger partial charge on any atom is -0.328 e. The Hall–Kier alpha value is -0.0400. The van der Waals surface area contributed by atoms with E-state index in [0.29, 0.717) is 6.04 Å². The van der Waals surface area contributed by atoms with Gasteiger partial charge in [-0.05, 0) is 31.6 Å². The predicted octanol–water partition coefficient (Wildman–Crippen LogP) is 2.41. The highest BCUT2D eigenvalue weighted by atomic mass is 14.6. The lowest BCUT2D eigenvalue weighted by Crippen LogP contribution is -2.18. The van der Waals surface area contributed by atoms with Gasteiger partial charge in [0.15, 0.2) is 0 Å². The summed E-state index contributed by atoms with van der Waals surface area (Å²) in [5, 5.41) is 0. The van der Waals surface area contributed by atoms with E-state index in [4.69, 9.17) is 5.73 Å². The fraction of sp³-hybridized carbons (Fsp3) is 1.00. The molecule has 62 valence electrons. The van der Waals surface area contributed by atoms with Crippen molar-refractivity contribution in [2.75, 3.05) is 0 Å². The second kappa shape index (κ2) is 4.73. The van der Waals surface area contributed by atoms with Gasteiger partial charge < -0.3 is 5.73 Å². The van der Waals surface area contributed by atoms with Crippen LogP contribution in [0.5, 0.6) is 0 Å². The van der Waals surface area contributed by atoms with Gasteiger partial charge in [0.05, 0.1) is 0 Å². The van der Waals surface area contributed by atoms with Gasteiger partial charge in [-0.25, -0.2) is 0 Å². The molecule has 0 saturated heterocycles. The van der Waals surface area contributed by atoms with Gasteiger partial charge >= 0.3 is 0 Å². The maximum Gasteiger partial charge on any atom is 0.00130 e. The lowest BCUT2D eigenvalue weighted by molar-refractivity contribution is 0.392. The van der Waals surface area contributed by atoms with E-state index in [1.807, 2.05) is 0 Å². The van der Waals surface area contributed by atoms with Crippen LogP contribution < -0.4 is 5.73 Å². The van der Waals surface area contributed by atoms with Gasteiger partial charge in [-0.2, -0.15) is 0 Å². The third-order valence-corrected chi connectivity index (χ3v) is 1.65. The Balaban J connectivity index is 3.34. The normalized spacial score (nSPS) is 17.4. The van der Waals surface area contributed by atoms with E-state index in [1.54, 1.807) is 0 Å². The molecule has 0 saturated carbocycles. The first kappa shape index (κ1) is 9.96. The fourth-order valence-electron chi connectivity index (χ4n) is 1.54. The molecule has 1 heteroatoms. The van der Waals surface area contributed by atoms with E-state index in [0.717, 1.165) is 18.3 Å². The summed E-state index contributed by atoms with van der Waals surface area (Å²) in [4.78, 5) is 0. The van der Waals surface area contributed by atoms with Crippen molar-refractivity contribution in [3.63, 3.8) is 0 Å². The molecule has 0 aliphatic carbocycles. The molecule has 0 bridgehead atoms. The largest absolute Gasteiger partial charge is 0.328 e. The smallest absolute Gasteiger partial charge is 0.00130 e. The number of nitrogens with two attached hydrogens (primary N) is 1. The van der Waals surface area contributed by atoms with Crippen LogP contribution in [0.15, 0.2) is 0 Å². The summed E-state index contributed by atoms with van der Waals surface area (Å²) in [6.45, 7) is 8.88. The van der Waals surface area contributed by atoms with E-state index < -0.39 is 0 Å². The molecule has 0 amide bonds. The molecule has 0 aliphatic heterocycles. The lowest BCUT2D eigenvalue weighted by Gasteiger charge is -2.15. The molecule has 0 aromatic heterocycles. The van der Waals surface area contributed by atoms with Crippen molar-refractivity contribution in [3.05, 3.63) is 0 Å². The Kier molecular flexibility index (Phi) is 4.71. The van der Waals surface area contributed by atoms with Crippen molar-refractivity contribution in [2.24, 2.45) is 17.6 Å². The Morgan fingerprint density at radius 3 is 1.80 bits per heavy atom. The molecule has 1 nitrogen and oxygen atoms in total. The second-order valence-corrected chi connectivity index (χ2v) is 3.95. The van der Waals surface area contributed by atoms with Gasteiger partial charge in [0.25, 0.3) is 0 Å². The molecule has 10 heavy (non-hydrogen) atoms. The molecule has 0 aromatic rings. The first-order chi connectivity index (χ1) is 4.52. The Morgan fingerprint density at radius 2 is 1.50 bits per heavy atom. The summed E-state index contributed by atoms with van der Waals surface area (Å²) in [5.74, 6) is 1.61. The predicted molar refractivity (Wildman–Crippen MR) is 46.9 cm³/mol. The molecule has 0 spiro atoms. The first-order valence-electron chi connectivity index (χ1n) is 4.28. The van der Waals surface area contributed by atoms with Gasteiger partial charge in [0.2, 0.25) is 0 Å². The summed E-state index contributed by atoms with van der Waals surface area (Å²) in [7, 11) is 0. The molecule has 0 aromatic carbocycles. The third kappa shape index (κ3) is 6.09. The summed E-state index contributed by atoms with van der Waals surface area (Å²) >= 11 is 0. The van der Waals surface area contributed by atoms with Crippen LogP contribution in [0.3, 0.4) is 0 Å². The zero-order valence-corrected chi connectivity index (χ0v) is 7.72. The summed E-state index contributed by atoms with van der Waals surface area (Å²) in [5.41, 5.74) is 5.67. The fourth-order valence-corrected chi connectivity index (χ4v) is 1.54. The molecule has 0 rings (SSSR count). The number of hydrogen-bond donors (Lipinski definition) is 1. The van der Waals surface area contributed by atoms with Crippen molar-refractivity contribution in [3.8, 4) is 0 Å². The van der Waals surface area contributed by atoms with E-state index in [-0.39, 0.29) is 0 Å². The molecule has 0 radical (unpaired) electrons. The van der Waals surface area contributed by atoms with Crippen molar-refractivity contribution in [2.45, 2.75) is 46.6 Å². The van der Waals surface area contributed by atoms with E-state index in [1.165, 1.54) is 6.42 Å². The molecule has 2 N–H and O–H groups in total. The Morgan fingerprint density at radius 1 is 1.00 bits per heavy atom. The Bertz CT molecular complexity index is 66.8. The van der Waals surface area contributed by atoms with Crippen LogP contribution in [-0.4, -0.2) is 6.04 Å². The summed E-state index contributed by atoms with van der Waals surface area (Å²) in [6, 6.07) is 0.369. The topological polar surface area (TPSA) is 26.0 Å². The van der Waals surface area contributed by atoms with Crippen LogP contribution in [-0.2, 0) is 0 Å². The van der Waals surface area contributed by atoms with Crippen LogP contribution in [0.4, 0.5) is 0 Å². The van der Waals surface area contributed by atoms with E-state index >= 15 is 0 Å². The molecule has 2 atom stereocenters. The first-order valence-corrected chi connectivity index (χ1v) is 4.28. The van der Waals surface area contributed by atoms with Crippen molar-refractivity contribution in [1.82, 2.24) is 0 Å². The number of hydrogen-bond acceptors (Lipinski definition) is 1.